The van der Waals surface area contributed by atoms with E-state index >= 15 is 0 Å². The monoisotopic (exact) mass is 515 g/mol. The van der Waals surface area contributed by atoms with Crippen molar-refractivity contribution in [2.75, 3.05) is 6.54 Å². The van der Waals surface area contributed by atoms with Crippen molar-refractivity contribution in [3.05, 3.63) is 0 Å². The van der Waals surface area contributed by atoms with E-state index in [4.69, 9.17) is 22.3 Å². The van der Waals surface area contributed by atoms with Gasteiger partial charge in [0, 0.05) is 13.0 Å². The zero-order chi connectivity index (χ0) is 28.0. The number of carboxylic acid groups (broad SMARTS) is 2. The first-order valence-electron chi connectivity index (χ1n) is 11.8. The predicted molar refractivity (Wildman–Crippen MR) is 132 cm³/mol. The van der Waals surface area contributed by atoms with Crippen LogP contribution in [0.2, 0.25) is 0 Å². The lowest BCUT2D eigenvalue weighted by atomic mass is 10.0. The van der Waals surface area contributed by atoms with E-state index in [2.05, 4.69) is 20.9 Å². The second kappa shape index (κ2) is 16.3. The van der Waals surface area contributed by atoms with E-state index in [-0.39, 0.29) is 37.7 Å². The molecule has 11 N–H and O–H groups in total. The number of hydrogen-bond donors (Lipinski definition) is 8. The van der Waals surface area contributed by atoms with Crippen LogP contribution in [0.1, 0.15) is 59.8 Å². The lowest BCUT2D eigenvalue weighted by molar-refractivity contribution is -0.142. The van der Waals surface area contributed by atoms with Crippen LogP contribution in [0.5, 0.6) is 0 Å². The van der Waals surface area contributed by atoms with Crippen molar-refractivity contribution < 1.29 is 34.2 Å². The van der Waals surface area contributed by atoms with E-state index in [9.17, 15) is 29.1 Å². The molecule has 0 rings (SSSR count). The molecule has 0 aliphatic heterocycles. The number of aliphatic carboxylic acids is 2. The second-order valence-corrected chi connectivity index (χ2v) is 9.31. The van der Waals surface area contributed by atoms with Gasteiger partial charge in [-0.3, -0.25) is 24.2 Å². The largest absolute Gasteiger partial charge is 0.481 e. The lowest BCUT2D eigenvalue weighted by Gasteiger charge is -2.27. The Morgan fingerprint density at radius 1 is 0.833 bits per heavy atom. The molecule has 3 amide bonds. The van der Waals surface area contributed by atoms with Crippen molar-refractivity contribution in [1.82, 2.24) is 16.0 Å². The van der Waals surface area contributed by atoms with Crippen molar-refractivity contribution in [1.29, 1.82) is 0 Å². The molecule has 4 unspecified atom stereocenters. The maximum atomic E-state index is 13.0. The van der Waals surface area contributed by atoms with Gasteiger partial charge in [-0.05, 0) is 37.5 Å². The molecule has 206 valence electrons. The molecule has 14 heteroatoms. The van der Waals surface area contributed by atoms with Gasteiger partial charge in [0.2, 0.25) is 17.7 Å². The molecule has 0 aromatic carbocycles. The predicted octanol–water partition coefficient (Wildman–Crippen LogP) is -1.53. The van der Waals surface area contributed by atoms with Gasteiger partial charge >= 0.3 is 11.9 Å². The molecule has 4 atom stereocenters. The third-order valence-corrected chi connectivity index (χ3v) is 5.15. The first-order valence-corrected chi connectivity index (χ1v) is 11.8. The molecule has 0 aliphatic rings. The van der Waals surface area contributed by atoms with Crippen molar-refractivity contribution in [2.24, 2.45) is 34.0 Å². The van der Waals surface area contributed by atoms with Crippen LogP contribution in [0, 0.1) is 11.8 Å². The van der Waals surface area contributed by atoms with Gasteiger partial charge < -0.3 is 43.4 Å². The number of rotatable bonds is 17. The fourth-order valence-electron chi connectivity index (χ4n) is 3.24. The summed E-state index contributed by atoms with van der Waals surface area (Å²) in [5, 5.41) is 25.8. The fraction of sp³-hybridized carbons (Fsp3) is 0.727. The molecule has 0 aliphatic carbocycles. The molecule has 0 spiro atoms. The van der Waals surface area contributed by atoms with E-state index in [1.54, 1.807) is 13.8 Å². The van der Waals surface area contributed by atoms with Gasteiger partial charge in [-0.1, -0.05) is 27.7 Å². The molecule has 0 saturated heterocycles. The van der Waals surface area contributed by atoms with E-state index in [1.807, 2.05) is 13.8 Å². The highest BCUT2D eigenvalue weighted by Crippen LogP contribution is 2.08. The molecule has 0 aromatic heterocycles. The average Bonchev–Trinajstić information content (AvgIpc) is 2.75. The van der Waals surface area contributed by atoms with Crippen LogP contribution >= 0.6 is 0 Å². The van der Waals surface area contributed by atoms with Crippen LogP contribution < -0.4 is 33.2 Å². The van der Waals surface area contributed by atoms with Crippen LogP contribution in [-0.4, -0.2) is 76.5 Å². The van der Waals surface area contributed by atoms with Crippen LogP contribution in [0.15, 0.2) is 4.99 Å². The summed E-state index contributed by atoms with van der Waals surface area (Å²) >= 11 is 0. The molecule has 0 heterocycles. The van der Waals surface area contributed by atoms with Crippen molar-refractivity contribution in [2.45, 2.75) is 84.0 Å². The Hall–Kier alpha value is -3.42. The van der Waals surface area contributed by atoms with Crippen LogP contribution in [0.3, 0.4) is 0 Å². The summed E-state index contributed by atoms with van der Waals surface area (Å²) in [6.07, 6.45) is 0.0504. The Bertz CT molecular complexity index is 798. The zero-order valence-corrected chi connectivity index (χ0v) is 21.3. The SMILES string of the molecule is CC(C)CC(N)C(=O)NC(CCC(=O)O)C(=O)NC(C(=O)NC(CCCN=C(N)N)C(=O)O)C(C)C. The van der Waals surface area contributed by atoms with Crippen molar-refractivity contribution in [3.63, 3.8) is 0 Å². The summed E-state index contributed by atoms with van der Waals surface area (Å²) in [6.45, 7) is 7.21. The van der Waals surface area contributed by atoms with Crippen molar-refractivity contribution >= 4 is 35.6 Å². The zero-order valence-electron chi connectivity index (χ0n) is 21.3. The minimum atomic E-state index is -1.27. The quantitative estimate of drug-likeness (QED) is 0.0630. The summed E-state index contributed by atoms with van der Waals surface area (Å²) in [5.41, 5.74) is 16.3. The van der Waals surface area contributed by atoms with Crippen LogP contribution in [0.4, 0.5) is 0 Å². The van der Waals surface area contributed by atoms with E-state index < -0.39 is 66.2 Å². The number of carboxylic acids is 2. The van der Waals surface area contributed by atoms with Gasteiger partial charge in [-0.25, -0.2) is 4.79 Å². The third-order valence-electron chi connectivity index (χ3n) is 5.15. The number of guanidine groups is 1. The maximum Gasteiger partial charge on any atom is 0.326 e. The molecule has 0 fully saturated rings. The molecule has 36 heavy (non-hydrogen) atoms. The van der Waals surface area contributed by atoms with Gasteiger partial charge in [0.1, 0.15) is 18.1 Å². The lowest BCUT2D eigenvalue weighted by Crippen LogP contribution is -2.58. The normalized spacial score (nSPS) is 14.3. The Morgan fingerprint density at radius 2 is 1.42 bits per heavy atom. The number of hydrogen-bond acceptors (Lipinski definition) is 7. The highest BCUT2D eigenvalue weighted by atomic mass is 16.4. The van der Waals surface area contributed by atoms with Gasteiger partial charge in [0.15, 0.2) is 5.96 Å². The molecule has 14 nitrogen and oxygen atoms in total. The number of nitrogens with two attached hydrogens (primary N) is 3. The molecule has 0 bridgehead atoms. The topological polar surface area (TPSA) is 252 Å². The first kappa shape index (κ1) is 32.6. The fourth-order valence-corrected chi connectivity index (χ4v) is 3.24. The number of amides is 3. The van der Waals surface area contributed by atoms with Gasteiger partial charge in [0.05, 0.1) is 6.04 Å². The maximum absolute atomic E-state index is 13.0. The highest BCUT2D eigenvalue weighted by molar-refractivity contribution is 5.94. The van der Waals surface area contributed by atoms with Gasteiger partial charge in [-0.15, -0.1) is 0 Å². The summed E-state index contributed by atoms with van der Waals surface area (Å²) in [7, 11) is 0. The minimum Gasteiger partial charge on any atom is -0.481 e. The van der Waals surface area contributed by atoms with Crippen molar-refractivity contribution in [3.8, 4) is 0 Å². The first-order chi connectivity index (χ1) is 16.6. The third kappa shape index (κ3) is 13.5. The second-order valence-electron chi connectivity index (χ2n) is 9.31. The molecule has 0 aromatic rings. The van der Waals surface area contributed by atoms with Crippen LogP contribution in [-0.2, 0) is 24.0 Å². The molecular weight excluding hydrogens is 474 g/mol. The number of aliphatic imine (C=N–C) groups is 1. The number of nitrogens with zero attached hydrogens (tertiary/aromatic N) is 1. The van der Waals surface area contributed by atoms with Gasteiger partial charge in [-0.2, -0.15) is 0 Å². The smallest absolute Gasteiger partial charge is 0.326 e. The minimum absolute atomic E-state index is 0.0433. The molecular formula is C22H41N7O7. The Morgan fingerprint density at radius 3 is 1.89 bits per heavy atom. The molecule has 0 radical (unpaired) electrons. The Balaban J connectivity index is 5.43. The van der Waals surface area contributed by atoms with E-state index in [0.717, 1.165) is 0 Å². The number of carbonyl (C=O) groups excluding carboxylic acids is 3. The van der Waals surface area contributed by atoms with Crippen LogP contribution in [0.25, 0.3) is 0 Å². The Kier molecular flexibility index (Phi) is 14.7. The summed E-state index contributed by atoms with van der Waals surface area (Å²) in [5.74, 6) is -5.06. The summed E-state index contributed by atoms with van der Waals surface area (Å²) < 4.78 is 0. The van der Waals surface area contributed by atoms with E-state index in [1.165, 1.54) is 0 Å². The molecule has 0 saturated carbocycles. The number of nitrogens with one attached hydrogen (secondary N) is 3. The number of carbonyl (C=O) groups is 5. The summed E-state index contributed by atoms with van der Waals surface area (Å²) in [4.78, 5) is 64.7. The standard InChI is InChI=1S/C22H41N7O7/c1-11(2)10-13(23)18(32)27-14(7-8-16(30)31)19(33)29-17(12(3)4)20(34)28-15(21(35)36)6-5-9-26-22(24)25/h11-15,17H,5-10,23H2,1-4H3,(H,27,32)(H,28,34)(H,29,33)(H,30,31)(H,35,36)(H4,24,25,26). The van der Waals surface area contributed by atoms with E-state index in [0.29, 0.717) is 6.42 Å². The average molecular weight is 516 g/mol. The Labute approximate surface area is 210 Å². The highest BCUT2D eigenvalue weighted by Gasteiger charge is 2.32. The summed E-state index contributed by atoms with van der Waals surface area (Å²) in [6, 6.07) is -4.55. The van der Waals surface area contributed by atoms with Gasteiger partial charge in [0.25, 0.3) is 0 Å².